The second-order valence-electron chi connectivity index (χ2n) is 4.67. The van der Waals surface area contributed by atoms with E-state index < -0.39 is 23.7 Å². The van der Waals surface area contributed by atoms with E-state index in [1.165, 1.54) is 31.8 Å². The van der Waals surface area contributed by atoms with Crippen LogP contribution >= 0.6 is 0 Å². The zero-order valence-corrected chi connectivity index (χ0v) is 12.3. The number of hydrogen-bond donors (Lipinski definition) is 2. The fraction of sp³-hybridized carbons (Fsp3) is 0.188. The highest BCUT2D eigenvalue weighted by Gasteiger charge is 2.24. The number of halogens is 1. The van der Waals surface area contributed by atoms with Crippen molar-refractivity contribution in [2.24, 2.45) is 0 Å². The van der Waals surface area contributed by atoms with Crippen LogP contribution in [0.4, 0.5) is 4.39 Å². The van der Waals surface area contributed by atoms with Gasteiger partial charge >= 0.3 is 5.97 Å². The Morgan fingerprint density at radius 3 is 2.87 bits per heavy atom. The van der Waals surface area contributed by atoms with E-state index in [0.29, 0.717) is 11.3 Å². The Labute approximate surface area is 132 Å². The molecule has 0 aliphatic heterocycles. The molecule has 0 aliphatic carbocycles. The van der Waals surface area contributed by atoms with Gasteiger partial charge in [-0.05, 0) is 18.2 Å². The van der Waals surface area contributed by atoms with Crippen molar-refractivity contribution in [3.63, 3.8) is 0 Å². The quantitative estimate of drug-likeness (QED) is 0.638. The van der Waals surface area contributed by atoms with Gasteiger partial charge in [0.15, 0.2) is 0 Å². The van der Waals surface area contributed by atoms with Crippen LogP contribution in [0.15, 0.2) is 30.7 Å². The number of terminal acetylenes is 1. The predicted octanol–water partition coefficient (Wildman–Crippen LogP) is 1.04. The molecule has 1 heterocycles. The summed E-state index contributed by atoms with van der Waals surface area (Å²) in [6.07, 6.45) is 8.28. The van der Waals surface area contributed by atoms with Gasteiger partial charge in [-0.3, -0.25) is 4.79 Å². The molecule has 1 aromatic heterocycles. The number of aromatic amines is 1. The maximum absolute atomic E-state index is 13.9. The molecule has 2 aromatic rings. The largest absolute Gasteiger partial charge is 0.467 e. The highest BCUT2D eigenvalue weighted by atomic mass is 19.1. The van der Waals surface area contributed by atoms with Gasteiger partial charge in [0.2, 0.25) is 0 Å². The van der Waals surface area contributed by atoms with Gasteiger partial charge in [0.1, 0.15) is 11.9 Å². The number of methoxy groups -OCH3 is 1. The van der Waals surface area contributed by atoms with E-state index in [4.69, 9.17) is 6.42 Å². The lowest BCUT2D eigenvalue weighted by molar-refractivity contribution is -0.142. The van der Waals surface area contributed by atoms with Crippen molar-refractivity contribution in [3.05, 3.63) is 53.4 Å². The molecule has 0 saturated carbocycles. The number of ether oxygens (including phenoxy) is 1. The average Bonchev–Trinajstić information content (AvgIpc) is 3.06. The van der Waals surface area contributed by atoms with Crippen LogP contribution < -0.4 is 5.32 Å². The van der Waals surface area contributed by atoms with Crippen LogP contribution in [0.3, 0.4) is 0 Å². The summed E-state index contributed by atoms with van der Waals surface area (Å²) in [4.78, 5) is 30.6. The van der Waals surface area contributed by atoms with E-state index in [1.54, 1.807) is 0 Å². The van der Waals surface area contributed by atoms with Crippen LogP contribution in [0.1, 0.15) is 21.6 Å². The van der Waals surface area contributed by atoms with Crippen molar-refractivity contribution in [2.75, 3.05) is 7.11 Å². The standard InChI is InChI=1S/C16H14FN3O3/c1-3-10-4-5-12(13(17)6-10)15(21)20-14(16(22)23-2)7-11-8-18-9-19-11/h1,4-6,8-9,14H,7H2,2H3,(H,18,19)(H,20,21)/t14-/m1/s1. The Morgan fingerprint density at radius 1 is 1.52 bits per heavy atom. The number of H-pyrrole nitrogens is 1. The maximum Gasteiger partial charge on any atom is 0.328 e. The molecule has 2 rings (SSSR count). The zero-order valence-electron chi connectivity index (χ0n) is 12.3. The average molecular weight is 315 g/mol. The van der Waals surface area contributed by atoms with Crippen molar-refractivity contribution in [2.45, 2.75) is 12.5 Å². The molecule has 118 valence electrons. The minimum Gasteiger partial charge on any atom is -0.467 e. The molecule has 23 heavy (non-hydrogen) atoms. The third kappa shape index (κ3) is 3.95. The topological polar surface area (TPSA) is 84.1 Å². The number of amides is 1. The monoisotopic (exact) mass is 315 g/mol. The van der Waals surface area contributed by atoms with Gasteiger partial charge < -0.3 is 15.0 Å². The van der Waals surface area contributed by atoms with Crippen molar-refractivity contribution >= 4 is 11.9 Å². The Morgan fingerprint density at radius 2 is 2.30 bits per heavy atom. The first-order chi connectivity index (χ1) is 11.0. The van der Waals surface area contributed by atoms with Gasteiger partial charge in [0, 0.05) is 23.9 Å². The lowest BCUT2D eigenvalue weighted by Gasteiger charge is -2.16. The molecule has 1 aromatic carbocycles. The molecule has 6 nitrogen and oxygen atoms in total. The molecule has 0 aliphatic rings. The molecule has 0 radical (unpaired) electrons. The summed E-state index contributed by atoms with van der Waals surface area (Å²) in [6, 6.07) is 2.82. The normalized spacial score (nSPS) is 11.3. The van der Waals surface area contributed by atoms with Crippen LogP contribution in [-0.4, -0.2) is 35.0 Å². The number of aromatic nitrogens is 2. The summed E-state index contributed by atoms with van der Waals surface area (Å²) in [5.41, 5.74) is 0.743. The van der Waals surface area contributed by atoms with Crippen LogP contribution in [0.2, 0.25) is 0 Å². The first-order valence-corrected chi connectivity index (χ1v) is 6.67. The number of hydrogen-bond acceptors (Lipinski definition) is 4. The molecule has 0 unspecified atom stereocenters. The summed E-state index contributed by atoms with van der Waals surface area (Å²) in [5.74, 6) is 0.134. The molecule has 7 heteroatoms. The molecule has 0 saturated heterocycles. The van der Waals surface area contributed by atoms with Gasteiger partial charge in [-0.25, -0.2) is 14.2 Å². The fourth-order valence-electron chi connectivity index (χ4n) is 1.98. The number of benzene rings is 1. The van der Waals surface area contributed by atoms with Gasteiger partial charge in [-0.1, -0.05) is 5.92 Å². The van der Waals surface area contributed by atoms with Crippen molar-refractivity contribution < 1.29 is 18.7 Å². The van der Waals surface area contributed by atoms with Crippen molar-refractivity contribution in [1.29, 1.82) is 0 Å². The summed E-state index contributed by atoms with van der Waals surface area (Å²) in [6.45, 7) is 0. The fourth-order valence-corrected chi connectivity index (χ4v) is 1.98. The van der Waals surface area contributed by atoms with Gasteiger partial charge in [-0.2, -0.15) is 0 Å². The van der Waals surface area contributed by atoms with E-state index in [1.807, 2.05) is 0 Å². The number of rotatable bonds is 5. The van der Waals surface area contributed by atoms with Gasteiger partial charge in [0.05, 0.1) is 19.0 Å². The van der Waals surface area contributed by atoms with Crippen molar-refractivity contribution in [1.82, 2.24) is 15.3 Å². The van der Waals surface area contributed by atoms with Crippen LogP contribution in [0, 0.1) is 18.2 Å². The maximum atomic E-state index is 13.9. The Bertz CT molecular complexity index is 750. The summed E-state index contributed by atoms with van der Waals surface area (Å²) in [5, 5.41) is 2.45. The first kappa shape index (κ1) is 16.2. The Kier molecular flexibility index (Phi) is 5.10. The smallest absolute Gasteiger partial charge is 0.328 e. The summed E-state index contributed by atoms with van der Waals surface area (Å²) in [7, 11) is 1.21. The zero-order chi connectivity index (χ0) is 16.8. The Hall–Kier alpha value is -3.14. The number of carbonyl (C=O) groups excluding carboxylic acids is 2. The van der Waals surface area contributed by atoms with E-state index in [-0.39, 0.29) is 12.0 Å². The third-order valence-electron chi connectivity index (χ3n) is 3.15. The molecule has 1 amide bonds. The lowest BCUT2D eigenvalue weighted by Crippen LogP contribution is -2.43. The number of imidazole rings is 1. The molecule has 2 N–H and O–H groups in total. The van der Waals surface area contributed by atoms with Crippen LogP contribution in [0.25, 0.3) is 0 Å². The minimum absolute atomic E-state index is 0.141. The summed E-state index contributed by atoms with van der Waals surface area (Å²) < 4.78 is 18.6. The Balaban J connectivity index is 2.17. The number of esters is 1. The molecular weight excluding hydrogens is 301 g/mol. The van der Waals surface area contributed by atoms with Crippen molar-refractivity contribution in [3.8, 4) is 12.3 Å². The number of carbonyl (C=O) groups is 2. The van der Waals surface area contributed by atoms with Crippen LogP contribution in [0.5, 0.6) is 0 Å². The van der Waals surface area contributed by atoms with E-state index in [9.17, 15) is 14.0 Å². The predicted molar refractivity (Wildman–Crippen MR) is 79.9 cm³/mol. The lowest BCUT2D eigenvalue weighted by atomic mass is 10.1. The van der Waals surface area contributed by atoms with E-state index in [2.05, 4.69) is 25.9 Å². The second kappa shape index (κ2) is 7.22. The van der Waals surface area contributed by atoms with E-state index in [0.717, 1.165) is 6.07 Å². The first-order valence-electron chi connectivity index (χ1n) is 6.67. The van der Waals surface area contributed by atoms with Gasteiger partial charge in [-0.15, -0.1) is 6.42 Å². The minimum atomic E-state index is -0.973. The molecule has 0 fully saturated rings. The van der Waals surface area contributed by atoms with E-state index >= 15 is 0 Å². The SMILES string of the molecule is C#Cc1ccc(C(=O)N[C@H](Cc2cnc[nH]2)C(=O)OC)c(F)c1. The number of nitrogens with zero attached hydrogens (tertiary/aromatic N) is 1. The van der Waals surface area contributed by atoms with Crippen LogP contribution in [-0.2, 0) is 16.0 Å². The third-order valence-corrected chi connectivity index (χ3v) is 3.15. The highest BCUT2D eigenvalue weighted by molar-refractivity contribution is 5.97. The number of nitrogens with one attached hydrogen (secondary N) is 2. The van der Waals surface area contributed by atoms with Gasteiger partial charge in [0.25, 0.3) is 5.91 Å². The molecule has 1 atom stereocenters. The molecule has 0 bridgehead atoms. The molecule has 0 spiro atoms. The molecular formula is C16H14FN3O3. The summed E-state index contributed by atoms with van der Waals surface area (Å²) >= 11 is 0. The highest BCUT2D eigenvalue weighted by Crippen LogP contribution is 2.11. The second-order valence-corrected chi connectivity index (χ2v) is 4.67.